The van der Waals surface area contributed by atoms with Crippen molar-refractivity contribution in [2.45, 2.75) is 31.1 Å². The molecule has 0 aliphatic carbocycles. The highest BCUT2D eigenvalue weighted by Gasteiger charge is 2.03. The summed E-state index contributed by atoms with van der Waals surface area (Å²) in [7, 11) is 1.65. The van der Waals surface area contributed by atoms with Gasteiger partial charge in [0.2, 0.25) is 0 Å². The Morgan fingerprint density at radius 2 is 2.00 bits per heavy atom. The first kappa shape index (κ1) is 12.2. The van der Waals surface area contributed by atoms with Crippen LogP contribution in [0.3, 0.4) is 0 Å². The van der Waals surface area contributed by atoms with Gasteiger partial charge in [-0.05, 0) is 24.6 Å². The Balaban J connectivity index is 2.54. The Morgan fingerprint density at radius 1 is 1.20 bits per heavy atom. The zero-order chi connectivity index (χ0) is 11.1. The van der Waals surface area contributed by atoms with Crippen LogP contribution in [0, 0.1) is 0 Å². The van der Waals surface area contributed by atoms with Crippen molar-refractivity contribution in [3.8, 4) is 11.5 Å². The number of methoxy groups -OCH3 is 1. The van der Waals surface area contributed by atoms with Crippen LogP contribution in [0.4, 0.5) is 0 Å². The minimum absolute atomic E-state index is 0.738. The van der Waals surface area contributed by atoms with Crippen molar-refractivity contribution in [1.82, 2.24) is 0 Å². The fourth-order valence-corrected chi connectivity index (χ4v) is 1.50. The molecule has 15 heavy (non-hydrogen) atoms. The second kappa shape index (κ2) is 6.62. The molecular weight excluding hydrogens is 208 g/mol. The van der Waals surface area contributed by atoms with Crippen LogP contribution < -0.4 is 9.47 Å². The van der Waals surface area contributed by atoms with Gasteiger partial charge in [-0.25, -0.2) is 0 Å². The highest BCUT2D eigenvalue weighted by atomic mass is 32.1. The lowest BCUT2D eigenvalue weighted by Gasteiger charge is -2.10. The number of thiol groups is 1. The van der Waals surface area contributed by atoms with Gasteiger partial charge in [-0.2, -0.15) is 0 Å². The lowest BCUT2D eigenvalue weighted by Crippen LogP contribution is -1.99. The molecule has 0 saturated carbocycles. The third-order valence-corrected chi connectivity index (χ3v) is 2.43. The quantitative estimate of drug-likeness (QED) is 0.590. The summed E-state index contributed by atoms with van der Waals surface area (Å²) in [5, 5.41) is 0. The summed E-state index contributed by atoms with van der Waals surface area (Å²) in [5.41, 5.74) is 0. The maximum Gasteiger partial charge on any atom is 0.162 e. The molecule has 3 heteroatoms. The summed E-state index contributed by atoms with van der Waals surface area (Å²) >= 11 is 4.27. The van der Waals surface area contributed by atoms with E-state index in [-0.39, 0.29) is 0 Å². The van der Waals surface area contributed by atoms with Gasteiger partial charge >= 0.3 is 0 Å². The molecule has 0 aliphatic rings. The van der Waals surface area contributed by atoms with Crippen LogP contribution in [0.1, 0.15) is 26.2 Å². The van der Waals surface area contributed by atoms with Crippen molar-refractivity contribution in [1.29, 1.82) is 0 Å². The normalized spacial score (nSPS) is 10.1. The van der Waals surface area contributed by atoms with Crippen molar-refractivity contribution < 1.29 is 9.47 Å². The average molecular weight is 226 g/mol. The van der Waals surface area contributed by atoms with Crippen molar-refractivity contribution in [3.05, 3.63) is 18.2 Å². The van der Waals surface area contributed by atoms with Crippen LogP contribution in [-0.4, -0.2) is 13.7 Å². The molecule has 0 saturated heterocycles. The maximum atomic E-state index is 5.64. The highest BCUT2D eigenvalue weighted by molar-refractivity contribution is 7.80. The fourth-order valence-electron chi connectivity index (χ4n) is 1.31. The first-order valence-electron chi connectivity index (χ1n) is 5.27. The Labute approximate surface area is 97.0 Å². The van der Waals surface area contributed by atoms with E-state index in [2.05, 4.69) is 19.6 Å². The maximum absolute atomic E-state index is 5.64. The fraction of sp³-hybridized carbons (Fsp3) is 0.500. The summed E-state index contributed by atoms with van der Waals surface area (Å²) in [5.74, 6) is 1.55. The zero-order valence-electron chi connectivity index (χ0n) is 9.32. The van der Waals surface area contributed by atoms with E-state index in [1.54, 1.807) is 7.11 Å². The second-order valence-electron chi connectivity index (χ2n) is 3.39. The molecule has 0 atom stereocenters. The highest BCUT2D eigenvalue weighted by Crippen LogP contribution is 2.29. The van der Waals surface area contributed by atoms with Crippen molar-refractivity contribution >= 4 is 12.6 Å². The van der Waals surface area contributed by atoms with Gasteiger partial charge in [-0.1, -0.05) is 19.8 Å². The third kappa shape index (κ3) is 4.04. The van der Waals surface area contributed by atoms with Crippen molar-refractivity contribution in [2.24, 2.45) is 0 Å². The summed E-state index contributed by atoms with van der Waals surface area (Å²) < 4.78 is 10.8. The molecule has 0 radical (unpaired) electrons. The van der Waals surface area contributed by atoms with Gasteiger partial charge in [0.05, 0.1) is 13.7 Å². The molecular formula is C12H18O2S. The molecule has 0 fully saturated rings. The van der Waals surface area contributed by atoms with Crippen molar-refractivity contribution in [2.75, 3.05) is 13.7 Å². The van der Waals surface area contributed by atoms with E-state index in [1.807, 2.05) is 18.2 Å². The molecule has 1 aromatic carbocycles. The monoisotopic (exact) mass is 226 g/mol. The topological polar surface area (TPSA) is 18.5 Å². The molecule has 84 valence electrons. The van der Waals surface area contributed by atoms with Crippen LogP contribution in [0.5, 0.6) is 11.5 Å². The minimum Gasteiger partial charge on any atom is -0.493 e. The van der Waals surface area contributed by atoms with E-state index in [1.165, 1.54) is 12.8 Å². The summed E-state index contributed by atoms with van der Waals surface area (Å²) in [4.78, 5) is 0.890. The predicted octanol–water partition coefficient (Wildman–Crippen LogP) is 3.55. The van der Waals surface area contributed by atoms with E-state index in [0.29, 0.717) is 0 Å². The number of benzene rings is 1. The average Bonchev–Trinajstić information content (AvgIpc) is 2.25. The molecule has 0 aliphatic heterocycles. The van der Waals surface area contributed by atoms with E-state index in [0.717, 1.165) is 29.4 Å². The second-order valence-corrected chi connectivity index (χ2v) is 3.91. The molecule has 0 bridgehead atoms. The van der Waals surface area contributed by atoms with E-state index < -0.39 is 0 Å². The van der Waals surface area contributed by atoms with Gasteiger partial charge in [0.1, 0.15) is 0 Å². The van der Waals surface area contributed by atoms with Crippen LogP contribution in [0.2, 0.25) is 0 Å². The number of hydrogen-bond donors (Lipinski definition) is 1. The zero-order valence-corrected chi connectivity index (χ0v) is 10.2. The Bertz CT molecular complexity index is 300. The summed E-state index contributed by atoms with van der Waals surface area (Å²) in [6, 6.07) is 5.65. The van der Waals surface area contributed by atoms with Gasteiger partial charge in [0.25, 0.3) is 0 Å². The third-order valence-electron chi connectivity index (χ3n) is 2.15. The van der Waals surface area contributed by atoms with Crippen LogP contribution in [0.25, 0.3) is 0 Å². The minimum atomic E-state index is 0.738. The number of ether oxygens (including phenoxy) is 2. The van der Waals surface area contributed by atoms with Gasteiger partial charge in [-0.3, -0.25) is 0 Å². The number of rotatable bonds is 6. The van der Waals surface area contributed by atoms with Gasteiger partial charge in [0, 0.05) is 4.90 Å². The van der Waals surface area contributed by atoms with Crippen LogP contribution >= 0.6 is 12.6 Å². The van der Waals surface area contributed by atoms with Crippen molar-refractivity contribution in [3.63, 3.8) is 0 Å². The molecule has 0 N–H and O–H groups in total. The van der Waals surface area contributed by atoms with E-state index in [9.17, 15) is 0 Å². The SMILES string of the molecule is CCCCCOc1cc(S)ccc1OC. The Hall–Kier alpha value is -0.830. The number of hydrogen-bond acceptors (Lipinski definition) is 3. The standard InChI is InChI=1S/C12H18O2S/c1-3-4-5-8-14-12-9-10(15)6-7-11(12)13-2/h6-7,9,15H,3-5,8H2,1-2H3. The van der Waals surface area contributed by atoms with Gasteiger partial charge in [0.15, 0.2) is 11.5 Å². The summed E-state index contributed by atoms with van der Waals surface area (Å²) in [6.45, 7) is 2.91. The first-order chi connectivity index (χ1) is 7.27. The van der Waals surface area contributed by atoms with Gasteiger partial charge < -0.3 is 9.47 Å². The molecule has 0 heterocycles. The molecule has 1 rings (SSSR count). The van der Waals surface area contributed by atoms with E-state index in [4.69, 9.17) is 9.47 Å². The lowest BCUT2D eigenvalue weighted by atomic mass is 10.2. The van der Waals surface area contributed by atoms with Crippen LogP contribution in [0.15, 0.2) is 23.1 Å². The molecule has 0 unspecified atom stereocenters. The molecule has 0 amide bonds. The molecule has 1 aromatic rings. The molecule has 0 spiro atoms. The van der Waals surface area contributed by atoms with Gasteiger partial charge in [-0.15, -0.1) is 12.6 Å². The Kier molecular flexibility index (Phi) is 5.40. The smallest absolute Gasteiger partial charge is 0.162 e. The predicted molar refractivity (Wildman–Crippen MR) is 65.3 cm³/mol. The lowest BCUT2D eigenvalue weighted by molar-refractivity contribution is 0.285. The summed E-state index contributed by atoms with van der Waals surface area (Å²) in [6.07, 6.45) is 3.48. The van der Waals surface area contributed by atoms with Crippen LogP contribution in [-0.2, 0) is 0 Å². The van der Waals surface area contributed by atoms with E-state index >= 15 is 0 Å². The molecule has 0 aromatic heterocycles. The molecule has 2 nitrogen and oxygen atoms in total. The largest absolute Gasteiger partial charge is 0.493 e. The number of unbranched alkanes of at least 4 members (excludes halogenated alkanes) is 2. The Morgan fingerprint density at radius 3 is 2.67 bits per heavy atom. The first-order valence-corrected chi connectivity index (χ1v) is 5.72.